The zero-order valence-corrected chi connectivity index (χ0v) is 13.0. The molecule has 0 aliphatic carbocycles. The van der Waals surface area contributed by atoms with Gasteiger partial charge in [0.25, 0.3) is 0 Å². The Bertz CT molecular complexity index is 588. The Hall–Kier alpha value is -1.75. The van der Waals surface area contributed by atoms with E-state index in [9.17, 15) is 10.2 Å². The van der Waals surface area contributed by atoms with Crippen LogP contribution in [0.25, 0.3) is 0 Å². The highest BCUT2D eigenvalue weighted by Gasteiger charge is 2.19. The number of methoxy groups -OCH3 is 1. The molecular weight excluding hydrogens is 304 g/mol. The molecule has 0 aliphatic rings. The molecule has 118 valence electrons. The van der Waals surface area contributed by atoms with Crippen molar-refractivity contribution in [3.8, 4) is 11.5 Å². The van der Waals surface area contributed by atoms with E-state index in [2.05, 4.69) is 0 Å². The number of aliphatic hydroxyl groups excluding tert-OH is 2. The Labute approximate surface area is 134 Å². The van der Waals surface area contributed by atoms with Crippen molar-refractivity contribution in [2.45, 2.75) is 18.8 Å². The minimum absolute atomic E-state index is 0.0482. The molecule has 2 atom stereocenters. The van der Waals surface area contributed by atoms with Crippen molar-refractivity contribution in [3.63, 3.8) is 0 Å². The average Bonchev–Trinajstić information content (AvgIpc) is 2.59. The highest BCUT2D eigenvalue weighted by atomic mass is 35.5. The van der Waals surface area contributed by atoms with Gasteiger partial charge in [-0.25, -0.2) is 0 Å². The van der Waals surface area contributed by atoms with Crippen LogP contribution in [-0.4, -0.2) is 29.3 Å². The van der Waals surface area contributed by atoms with Gasteiger partial charge in [-0.15, -0.1) is 11.6 Å². The fourth-order valence-corrected chi connectivity index (χ4v) is 2.20. The number of hydrogen-bond donors (Lipinski definition) is 2. The van der Waals surface area contributed by atoms with Crippen LogP contribution < -0.4 is 9.47 Å². The Morgan fingerprint density at radius 3 is 2.41 bits per heavy atom. The molecule has 0 aliphatic heterocycles. The molecule has 0 fully saturated rings. The molecular formula is C17H19ClO4. The summed E-state index contributed by atoms with van der Waals surface area (Å²) in [5.41, 5.74) is 1.55. The Kier molecular flexibility index (Phi) is 6.07. The van der Waals surface area contributed by atoms with E-state index in [0.29, 0.717) is 23.7 Å². The van der Waals surface area contributed by atoms with E-state index in [1.165, 1.54) is 0 Å². The molecule has 22 heavy (non-hydrogen) atoms. The van der Waals surface area contributed by atoms with Gasteiger partial charge in [-0.3, -0.25) is 0 Å². The van der Waals surface area contributed by atoms with Crippen LogP contribution in [0.1, 0.15) is 17.2 Å². The maximum Gasteiger partial charge on any atom is 0.162 e. The quantitative estimate of drug-likeness (QED) is 0.770. The molecule has 5 heteroatoms. The van der Waals surface area contributed by atoms with Crippen molar-refractivity contribution in [2.75, 3.05) is 13.0 Å². The van der Waals surface area contributed by atoms with Crippen LogP contribution in [-0.2, 0) is 6.61 Å². The lowest BCUT2D eigenvalue weighted by molar-refractivity contribution is 0.0325. The largest absolute Gasteiger partial charge is 0.493 e. The lowest BCUT2D eigenvalue weighted by Gasteiger charge is -2.18. The van der Waals surface area contributed by atoms with E-state index < -0.39 is 12.2 Å². The van der Waals surface area contributed by atoms with Crippen LogP contribution in [0.3, 0.4) is 0 Å². The van der Waals surface area contributed by atoms with Crippen molar-refractivity contribution in [1.82, 2.24) is 0 Å². The number of alkyl halides is 1. The number of aliphatic hydroxyl groups is 2. The zero-order chi connectivity index (χ0) is 15.9. The summed E-state index contributed by atoms with van der Waals surface area (Å²) in [6.07, 6.45) is -2.10. The maximum atomic E-state index is 10.0. The van der Waals surface area contributed by atoms with Crippen LogP contribution in [0.5, 0.6) is 11.5 Å². The number of benzene rings is 2. The molecule has 2 unspecified atom stereocenters. The van der Waals surface area contributed by atoms with E-state index in [-0.39, 0.29) is 5.88 Å². The van der Waals surface area contributed by atoms with Gasteiger partial charge in [0.1, 0.15) is 12.7 Å². The minimum Gasteiger partial charge on any atom is -0.493 e. The molecule has 0 spiro atoms. The highest BCUT2D eigenvalue weighted by molar-refractivity contribution is 6.18. The predicted molar refractivity (Wildman–Crippen MR) is 85.5 cm³/mol. The molecule has 2 N–H and O–H groups in total. The molecule has 0 saturated heterocycles. The number of rotatable bonds is 7. The fourth-order valence-electron chi connectivity index (χ4n) is 2.03. The Morgan fingerprint density at radius 1 is 1.05 bits per heavy atom. The van der Waals surface area contributed by atoms with Gasteiger partial charge in [0.2, 0.25) is 0 Å². The van der Waals surface area contributed by atoms with Gasteiger partial charge in [-0.05, 0) is 23.3 Å². The first-order valence-electron chi connectivity index (χ1n) is 6.92. The van der Waals surface area contributed by atoms with E-state index in [1.807, 2.05) is 30.3 Å². The Balaban J connectivity index is 2.17. The summed E-state index contributed by atoms with van der Waals surface area (Å²) in [5.74, 6) is 1.02. The summed E-state index contributed by atoms with van der Waals surface area (Å²) in [5, 5.41) is 19.7. The molecule has 0 radical (unpaired) electrons. The molecule has 0 heterocycles. The first-order chi connectivity index (χ1) is 10.7. The van der Waals surface area contributed by atoms with E-state index in [1.54, 1.807) is 25.3 Å². The molecule has 0 saturated carbocycles. The van der Waals surface area contributed by atoms with Gasteiger partial charge in [-0.2, -0.15) is 0 Å². The third-order valence-corrected chi connectivity index (χ3v) is 3.61. The van der Waals surface area contributed by atoms with Crippen molar-refractivity contribution >= 4 is 11.6 Å². The van der Waals surface area contributed by atoms with Crippen LogP contribution >= 0.6 is 11.6 Å². The summed E-state index contributed by atoms with van der Waals surface area (Å²) in [7, 11) is 1.55. The molecule has 2 aromatic rings. The number of ether oxygens (including phenoxy) is 2. The molecule has 2 rings (SSSR count). The highest BCUT2D eigenvalue weighted by Crippen LogP contribution is 2.32. The third kappa shape index (κ3) is 4.13. The summed E-state index contributed by atoms with van der Waals surface area (Å²) in [6, 6.07) is 14.8. The average molecular weight is 323 g/mol. The summed E-state index contributed by atoms with van der Waals surface area (Å²) in [4.78, 5) is 0. The smallest absolute Gasteiger partial charge is 0.162 e. The zero-order valence-electron chi connectivity index (χ0n) is 12.3. The lowest BCUT2D eigenvalue weighted by Crippen LogP contribution is -2.19. The van der Waals surface area contributed by atoms with Crippen molar-refractivity contribution in [1.29, 1.82) is 0 Å². The van der Waals surface area contributed by atoms with E-state index in [4.69, 9.17) is 21.1 Å². The normalized spacial score (nSPS) is 13.5. The van der Waals surface area contributed by atoms with Crippen molar-refractivity contribution < 1.29 is 19.7 Å². The van der Waals surface area contributed by atoms with Gasteiger partial charge in [-0.1, -0.05) is 36.4 Å². The van der Waals surface area contributed by atoms with Crippen LogP contribution in [0.2, 0.25) is 0 Å². The summed E-state index contributed by atoms with van der Waals surface area (Å²) < 4.78 is 11.0. The van der Waals surface area contributed by atoms with Gasteiger partial charge in [0.05, 0.1) is 19.1 Å². The third-order valence-electron chi connectivity index (χ3n) is 3.29. The van der Waals surface area contributed by atoms with Gasteiger partial charge >= 0.3 is 0 Å². The topological polar surface area (TPSA) is 58.9 Å². The van der Waals surface area contributed by atoms with E-state index >= 15 is 0 Å². The predicted octanol–water partition coefficient (Wildman–Crippen LogP) is 2.91. The fraction of sp³-hybridized carbons (Fsp3) is 0.294. The van der Waals surface area contributed by atoms with Gasteiger partial charge in [0.15, 0.2) is 11.5 Å². The van der Waals surface area contributed by atoms with E-state index in [0.717, 1.165) is 5.56 Å². The summed E-state index contributed by atoms with van der Waals surface area (Å²) in [6.45, 7) is 0.384. The number of hydrogen-bond acceptors (Lipinski definition) is 4. The SMILES string of the molecule is COc1ccc(C(O)C(O)CCl)cc1OCc1ccccc1. The molecule has 4 nitrogen and oxygen atoms in total. The molecule has 0 aromatic heterocycles. The molecule has 2 aromatic carbocycles. The summed E-state index contributed by atoms with van der Waals surface area (Å²) >= 11 is 5.57. The second-order valence-electron chi connectivity index (χ2n) is 4.85. The monoisotopic (exact) mass is 322 g/mol. The van der Waals surface area contributed by atoms with Crippen LogP contribution in [0.15, 0.2) is 48.5 Å². The van der Waals surface area contributed by atoms with Gasteiger partial charge in [0, 0.05) is 0 Å². The Morgan fingerprint density at radius 2 is 1.77 bits per heavy atom. The second kappa shape index (κ2) is 8.03. The minimum atomic E-state index is -1.07. The second-order valence-corrected chi connectivity index (χ2v) is 5.16. The number of halogens is 1. The standard InChI is InChI=1S/C17H19ClO4/c1-21-15-8-7-13(17(20)14(19)10-18)9-16(15)22-11-12-5-3-2-4-6-12/h2-9,14,17,19-20H,10-11H2,1H3. The van der Waals surface area contributed by atoms with Crippen LogP contribution in [0.4, 0.5) is 0 Å². The molecule has 0 bridgehead atoms. The first kappa shape index (κ1) is 16.6. The van der Waals surface area contributed by atoms with Crippen molar-refractivity contribution in [2.24, 2.45) is 0 Å². The molecule has 0 amide bonds. The first-order valence-corrected chi connectivity index (χ1v) is 7.46. The van der Waals surface area contributed by atoms with Gasteiger partial charge < -0.3 is 19.7 Å². The van der Waals surface area contributed by atoms with Crippen LogP contribution in [0, 0.1) is 0 Å². The van der Waals surface area contributed by atoms with Crippen molar-refractivity contribution in [3.05, 3.63) is 59.7 Å². The maximum absolute atomic E-state index is 10.0. The lowest BCUT2D eigenvalue weighted by atomic mass is 10.0.